The minimum Gasteiger partial charge on any atom is -0.378 e. The third-order valence-corrected chi connectivity index (χ3v) is 4.21. The van der Waals surface area contributed by atoms with Crippen LogP contribution in [-0.2, 0) is 4.74 Å². The lowest BCUT2D eigenvalue weighted by Crippen LogP contribution is -2.36. The molecule has 0 atom stereocenters. The molecule has 3 N–H and O–H groups in total. The summed E-state index contributed by atoms with van der Waals surface area (Å²) in [5.74, 6) is -1.05. The number of benzene rings is 2. The highest BCUT2D eigenvalue weighted by Crippen LogP contribution is 2.30. The van der Waals surface area contributed by atoms with Crippen LogP contribution in [0.4, 0.5) is 17.1 Å². The zero-order valence-electron chi connectivity index (χ0n) is 14.4. The summed E-state index contributed by atoms with van der Waals surface area (Å²) in [6.07, 6.45) is 0. The highest BCUT2D eigenvalue weighted by molar-refractivity contribution is 6.05. The van der Waals surface area contributed by atoms with E-state index >= 15 is 0 Å². The van der Waals surface area contributed by atoms with Crippen LogP contribution in [0.3, 0.4) is 0 Å². The number of nitrogens with one attached hydrogen (secondary N) is 1. The minimum atomic E-state index is -0.567. The zero-order valence-corrected chi connectivity index (χ0v) is 14.4. The van der Waals surface area contributed by atoms with Crippen LogP contribution in [0.1, 0.15) is 20.7 Å². The van der Waals surface area contributed by atoms with Gasteiger partial charge in [-0.15, -0.1) is 0 Å². The van der Waals surface area contributed by atoms with E-state index in [1.807, 2.05) is 4.90 Å². The van der Waals surface area contributed by atoms with Gasteiger partial charge in [0.05, 0.1) is 18.1 Å². The number of carbonyl (C=O) groups is 2. The summed E-state index contributed by atoms with van der Waals surface area (Å²) in [6, 6.07) is 10.4. The first-order valence-electron chi connectivity index (χ1n) is 8.28. The van der Waals surface area contributed by atoms with Crippen molar-refractivity contribution in [3.05, 3.63) is 63.7 Å². The monoisotopic (exact) mass is 370 g/mol. The third-order valence-electron chi connectivity index (χ3n) is 4.21. The first-order chi connectivity index (χ1) is 13.0. The normalized spacial score (nSPS) is 13.9. The van der Waals surface area contributed by atoms with Gasteiger partial charge in [-0.1, -0.05) is 0 Å². The van der Waals surface area contributed by atoms with E-state index in [2.05, 4.69) is 5.32 Å². The molecule has 2 aromatic rings. The predicted molar refractivity (Wildman–Crippen MR) is 99.0 cm³/mol. The summed E-state index contributed by atoms with van der Waals surface area (Å²) < 4.78 is 5.27. The average molecular weight is 370 g/mol. The van der Waals surface area contributed by atoms with Gasteiger partial charge in [-0.2, -0.15) is 0 Å². The number of anilines is 2. The predicted octanol–water partition coefficient (Wildman–Crippen LogP) is 1.78. The van der Waals surface area contributed by atoms with Gasteiger partial charge in [0.25, 0.3) is 11.6 Å². The van der Waals surface area contributed by atoms with Gasteiger partial charge in [0.15, 0.2) is 0 Å². The third kappa shape index (κ3) is 4.21. The summed E-state index contributed by atoms with van der Waals surface area (Å²) in [5.41, 5.74) is 6.44. The van der Waals surface area contributed by atoms with Crippen molar-refractivity contribution in [3.63, 3.8) is 0 Å². The molecule has 0 aromatic heterocycles. The number of nitro groups is 1. The Morgan fingerprint density at radius 3 is 2.30 bits per heavy atom. The van der Waals surface area contributed by atoms with Crippen molar-refractivity contribution in [1.82, 2.24) is 0 Å². The van der Waals surface area contributed by atoms with Crippen molar-refractivity contribution < 1.29 is 19.2 Å². The Morgan fingerprint density at radius 1 is 1.07 bits per heavy atom. The maximum absolute atomic E-state index is 12.4. The standard InChI is InChI=1S/C18H18N4O5/c19-17(23)12-1-4-14(5-2-12)20-18(24)13-3-6-15(16(11-13)22(25)26)21-7-9-27-10-8-21/h1-6,11H,7-10H2,(H2,19,23)(H,20,24). The second-order valence-electron chi connectivity index (χ2n) is 5.96. The molecule has 0 radical (unpaired) electrons. The molecule has 0 spiro atoms. The molecule has 0 aliphatic carbocycles. The number of rotatable bonds is 5. The van der Waals surface area contributed by atoms with E-state index in [1.54, 1.807) is 12.1 Å². The van der Waals surface area contributed by atoms with Gasteiger partial charge >= 0.3 is 0 Å². The van der Waals surface area contributed by atoms with Crippen molar-refractivity contribution in [3.8, 4) is 0 Å². The first kappa shape index (κ1) is 18.3. The van der Waals surface area contributed by atoms with E-state index in [9.17, 15) is 19.7 Å². The number of carbonyl (C=O) groups excluding carboxylic acids is 2. The second kappa shape index (κ2) is 7.83. The number of hydrogen-bond donors (Lipinski definition) is 2. The van der Waals surface area contributed by atoms with Crippen LogP contribution >= 0.6 is 0 Å². The largest absolute Gasteiger partial charge is 0.378 e. The molecule has 1 aliphatic rings. The Bertz CT molecular complexity index is 876. The molecule has 2 amide bonds. The smallest absolute Gasteiger partial charge is 0.293 e. The molecule has 9 nitrogen and oxygen atoms in total. The quantitative estimate of drug-likeness (QED) is 0.610. The van der Waals surface area contributed by atoms with Crippen molar-refractivity contribution in [2.24, 2.45) is 5.73 Å². The zero-order chi connectivity index (χ0) is 19.4. The molecular weight excluding hydrogens is 352 g/mol. The molecule has 0 saturated carbocycles. The molecule has 0 unspecified atom stereocenters. The van der Waals surface area contributed by atoms with Gasteiger partial charge in [-0.05, 0) is 36.4 Å². The van der Waals surface area contributed by atoms with Crippen LogP contribution < -0.4 is 16.0 Å². The fraction of sp³-hybridized carbons (Fsp3) is 0.222. The highest BCUT2D eigenvalue weighted by Gasteiger charge is 2.23. The summed E-state index contributed by atoms with van der Waals surface area (Å²) >= 11 is 0. The highest BCUT2D eigenvalue weighted by atomic mass is 16.6. The van der Waals surface area contributed by atoms with Gasteiger partial charge in [-0.25, -0.2) is 0 Å². The van der Waals surface area contributed by atoms with Gasteiger partial charge in [-0.3, -0.25) is 19.7 Å². The van der Waals surface area contributed by atoms with Gasteiger partial charge in [0.1, 0.15) is 5.69 Å². The van der Waals surface area contributed by atoms with E-state index in [0.29, 0.717) is 43.2 Å². The van der Waals surface area contributed by atoms with Gasteiger partial charge < -0.3 is 20.7 Å². The molecule has 2 aromatic carbocycles. The molecule has 9 heteroatoms. The number of nitrogens with two attached hydrogens (primary N) is 1. The van der Waals surface area contributed by atoms with E-state index in [4.69, 9.17) is 10.5 Å². The van der Waals surface area contributed by atoms with Crippen molar-refractivity contribution in [2.75, 3.05) is 36.5 Å². The topological polar surface area (TPSA) is 128 Å². The van der Waals surface area contributed by atoms with Crippen LogP contribution in [-0.4, -0.2) is 43.0 Å². The van der Waals surface area contributed by atoms with E-state index in [1.165, 1.54) is 30.3 Å². The Kier molecular flexibility index (Phi) is 5.32. The summed E-state index contributed by atoms with van der Waals surface area (Å²) in [7, 11) is 0. The number of nitro benzene ring substituents is 1. The molecule has 140 valence electrons. The fourth-order valence-electron chi connectivity index (χ4n) is 2.80. The van der Waals surface area contributed by atoms with Gasteiger partial charge in [0, 0.05) is 36.0 Å². The van der Waals surface area contributed by atoms with Crippen molar-refractivity contribution in [1.29, 1.82) is 0 Å². The Morgan fingerprint density at radius 2 is 1.70 bits per heavy atom. The summed E-state index contributed by atoms with van der Waals surface area (Å²) in [4.78, 5) is 36.4. The Hall–Kier alpha value is -3.46. The molecule has 0 bridgehead atoms. The number of primary amides is 1. The van der Waals surface area contributed by atoms with Crippen LogP contribution in [0.15, 0.2) is 42.5 Å². The lowest BCUT2D eigenvalue weighted by atomic mass is 10.1. The fourth-order valence-corrected chi connectivity index (χ4v) is 2.80. The summed E-state index contributed by atoms with van der Waals surface area (Å²) in [5, 5.41) is 14.1. The first-order valence-corrected chi connectivity index (χ1v) is 8.28. The van der Waals surface area contributed by atoms with Gasteiger partial charge in [0.2, 0.25) is 5.91 Å². The van der Waals surface area contributed by atoms with Crippen LogP contribution in [0.5, 0.6) is 0 Å². The molecular formula is C18H18N4O5. The molecule has 1 aliphatic heterocycles. The number of nitrogens with zero attached hydrogens (tertiary/aromatic N) is 2. The SMILES string of the molecule is NC(=O)c1ccc(NC(=O)c2ccc(N3CCOCC3)c([N+](=O)[O-])c2)cc1. The van der Waals surface area contributed by atoms with E-state index in [-0.39, 0.29) is 11.3 Å². The molecule has 3 rings (SSSR count). The number of amides is 2. The van der Waals surface area contributed by atoms with Crippen LogP contribution in [0, 0.1) is 10.1 Å². The van der Waals surface area contributed by atoms with E-state index in [0.717, 1.165) is 0 Å². The molecule has 1 fully saturated rings. The average Bonchev–Trinajstić information content (AvgIpc) is 2.68. The lowest BCUT2D eigenvalue weighted by Gasteiger charge is -2.28. The molecule has 27 heavy (non-hydrogen) atoms. The van der Waals surface area contributed by atoms with Crippen LogP contribution in [0.25, 0.3) is 0 Å². The van der Waals surface area contributed by atoms with E-state index < -0.39 is 16.7 Å². The Labute approximate surface area is 154 Å². The number of morpholine rings is 1. The lowest BCUT2D eigenvalue weighted by molar-refractivity contribution is -0.384. The molecule has 1 saturated heterocycles. The van der Waals surface area contributed by atoms with Crippen LogP contribution in [0.2, 0.25) is 0 Å². The second-order valence-corrected chi connectivity index (χ2v) is 5.96. The number of hydrogen-bond acceptors (Lipinski definition) is 6. The maximum Gasteiger partial charge on any atom is 0.293 e. The maximum atomic E-state index is 12.4. The Balaban J connectivity index is 1.81. The number of ether oxygens (including phenoxy) is 1. The molecule has 1 heterocycles. The van der Waals surface area contributed by atoms with Crippen molar-refractivity contribution in [2.45, 2.75) is 0 Å². The van der Waals surface area contributed by atoms with Crippen molar-refractivity contribution >= 4 is 28.9 Å². The summed E-state index contributed by atoms with van der Waals surface area (Å²) in [6.45, 7) is 2.11. The minimum absolute atomic E-state index is 0.131.